The first-order valence-corrected chi connectivity index (χ1v) is 6.74. The normalized spacial score (nSPS) is 14.8. The van der Waals surface area contributed by atoms with Crippen LogP contribution in [0.3, 0.4) is 0 Å². The number of nitrogens with zero attached hydrogens (tertiary/aromatic N) is 1. The molecule has 3 nitrogen and oxygen atoms in total. The summed E-state index contributed by atoms with van der Waals surface area (Å²) < 4.78 is 5.03. The first kappa shape index (κ1) is 14.4. The molecule has 0 bridgehead atoms. The van der Waals surface area contributed by atoms with Gasteiger partial charge in [0.05, 0.1) is 10.7 Å². The average molecular weight is 290 g/mol. The lowest BCUT2D eigenvalue weighted by molar-refractivity contribution is -0.131. The van der Waals surface area contributed by atoms with Gasteiger partial charge >= 0.3 is 5.97 Å². The lowest BCUT2D eigenvalue weighted by Gasteiger charge is -2.30. The number of benzene rings is 1. The van der Waals surface area contributed by atoms with Crippen LogP contribution >= 0.6 is 11.6 Å². The number of carbonyl (C=O) groups is 1. The molecule has 2 rings (SSSR count). The molecule has 4 heteroatoms. The van der Waals surface area contributed by atoms with Crippen LogP contribution in [-0.2, 0) is 4.79 Å². The average Bonchev–Trinajstić information content (AvgIpc) is 2.42. The van der Waals surface area contributed by atoms with E-state index in [4.69, 9.17) is 16.3 Å². The molecular weight excluding hydrogens is 274 g/mol. The van der Waals surface area contributed by atoms with Gasteiger partial charge in [-0.1, -0.05) is 18.2 Å². The van der Waals surface area contributed by atoms with Crippen molar-refractivity contribution in [2.75, 3.05) is 6.54 Å². The van der Waals surface area contributed by atoms with E-state index in [1.807, 2.05) is 36.1 Å². The highest BCUT2D eigenvalue weighted by Crippen LogP contribution is 2.32. The third kappa shape index (κ3) is 2.94. The van der Waals surface area contributed by atoms with E-state index in [-0.39, 0.29) is 5.97 Å². The summed E-state index contributed by atoms with van der Waals surface area (Å²) in [5.74, 6) is 0.209. The van der Waals surface area contributed by atoms with Gasteiger partial charge in [0, 0.05) is 19.2 Å². The van der Waals surface area contributed by atoms with Gasteiger partial charge < -0.3 is 9.64 Å². The SMILES string of the molecule is C=C1C(Cl)=CC=C(c2ccc(OC(C)=O)cc2)N1CC. The third-order valence-electron chi connectivity index (χ3n) is 3.01. The molecule has 20 heavy (non-hydrogen) atoms. The number of likely N-dealkylation sites (N-methyl/N-ethyl adjacent to an activating group) is 1. The van der Waals surface area contributed by atoms with E-state index in [2.05, 4.69) is 6.58 Å². The van der Waals surface area contributed by atoms with Crippen LogP contribution < -0.4 is 4.74 Å². The molecule has 1 aromatic rings. The maximum Gasteiger partial charge on any atom is 0.308 e. The molecule has 0 atom stereocenters. The molecule has 0 spiro atoms. The highest BCUT2D eigenvalue weighted by molar-refractivity contribution is 6.32. The quantitative estimate of drug-likeness (QED) is 0.624. The van der Waals surface area contributed by atoms with Crippen LogP contribution in [0.15, 0.2) is 53.7 Å². The van der Waals surface area contributed by atoms with Crippen molar-refractivity contribution in [3.63, 3.8) is 0 Å². The molecule has 1 aromatic carbocycles. The van der Waals surface area contributed by atoms with Crippen LogP contribution in [0.5, 0.6) is 5.75 Å². The zero-order valence-corrected chi connectivity index (χ0v) is 12.3. The zero-order chi connectivity index (χ0) is 14.7. The van der Waals surface area contributed by atoms with E-state index in [1.54, 1.807) is 12.1 Å². The van der Waals surface area contributed by atoms with Gasteiger partial charge in [0.25, 0.3) is 0 Å². The summed E-state index contributed by atoms with van der Waals surface area (Å²) in [4.78, 5) is 12.9. The number of carbonyl (C=O) groups excluding carboxylic acids is 1. The van der Waals surface area contributed by atoms with Gasteiger partial charge in [0.1, 0.15) is 5.75 Å². The predicted octanol–water partition coefficient (Wildman–Crippen LogP) is 3.92. The second kappa shape index (κ2) is 5.97. The van der Waals surface area contributed by atoms with Crippen LogP contribution in [0.1, 0.15) is 19.4 Å². The van der Waals surface area contributed by atoms with Crippen molar-refractivity contribution in [2.45, 2.75) is 13.8 Å². The fourth-order valence-corrected chi connectivity index (χ4v) is 2.25. The standard InChI is InChI=1S/C16H16ClNO2/c1-4-18-11(2)15(17)9-10-16(18)13-5-7-14(8-6-13)20-12(3)19/h5-10H,2,4H2,1,3H3. The Balaban J connectivity index is 2.30. The molecule has 0 amide bonds. The number of ether oxygens (including phenoxy) is 1. The van der Waals surface area contributed by atoms with Gasteiger partial charge in [-0.05, 0) is 48.9 Å². The molecule has 0 unspecified atom stereocenters. The molecule has 104 valence electrons. The van der Waals surface area contributed by atoms with Crippen molar-refractivity contribution in [2.24, 2.45) is 0 Å². The fourth-order valence-electron chi connectivity index (χ4n) is 2.09. The lowest BCUT2D eigenvalue weighted by atomic mass is 10.1. The van der Waals surface area contributed by atoms with Gasteiger partial charge in [-0.3, -0.25) is 4.79 Å². The molecule has 1 aliphatic heterocycles. The Morgan fingerprint density at radius 2 is 1.95 bits per heavy atom. The van der Waals surface area contributed by atoms with Crippen molar-refractivity contribution in [1.29, 1.82) is 0 Å². The van der Waals surface area contributed by atoms with Gasteiger partial charge in [0.2, 0.25) is 0 Å². The number of allylic oxidation sites excluding steroid dienone is 3. The second-order valence-corrected chi connectivity index (χ2v) is 4.78. The first-order valence-electron chi connectivity index (χ1n) is 6.36. The Bertz CT molecular complexity index is 599. The number of hydrogen-bond acceptors (Lipinski definition) is 3. The highest BCUT2D eigenvalue weighted by Gasteiger charge is 2.18. The molecule has 0 saturated carbocycles. The van der Waals surface area contributed by atoms with E-state index in [0.717, 1.165) is 23.5 Å². The van der Waals surface area contributed by atoms with Crippen LogP contribution in [0.2, 0.25) is 0 Å². The Morgan fingerprint density at radius 3 is 2.50 bits per heavy atom. The molecule has 0 saturated heterocycles. The van der Waals surface area contributed by atoms with Crippen LogP contribution in [0.4, 0.5) is 0 Å². The van der Waals surface area contributed by atoms with Crippen molar-refractivity contribution in [3.05, 3.63) is 59.3 Å². The first-order chi connectivity index (χ1) is 9.52. The van der Waals surface area contributed by atoms with E-state index in [0.29, 0.717) is 10.8 Å². The summed E-state index contributed by atoms with van der Waals surface area (Å²) >= 11 is 6.09. The van der Waals surface area contributed by atoms with Crippen molar-refractivity contribution >= 4 is 23.3 Å². The maximum atomic E-state index is 10.9. The summed E-state index contributed by atoms with van der Waals surface area (Å²) in [6.45, 7) is 8.20. The molecule has 0 radical (unpaired) electrons. The molecule has 0 fully saturated rings. The van der Waals surface area contributed by atoms with Crippen molar-refractivity contribution in [1.82, 2.24) is 4.90 Å². The van der Waals surface area contributed by atoms with E-state index < -0.39 is 0 Å². The Labute approximate surface area is 123 Å². The summed E-state index contributed by atoms with van der Waals surface area (Å²) in [7, 11) is 0. The lowest BCUT2D eigenvalue weighted by Crippen LogP contribution is -2.22. The van der Waals surface area contributed by atoms with Gasteiger partial charge in [-0.25, -0.2) is 0 Å². The second-order valence-electron chi connectivity index (χ2n) is 4.38. The summed E-state index contributed by atoms with van der Waals surface area (Å²) in [5, 5.41) is 0.645. The third-order valence-corrected chi connectivity index (χ3v) is 3.35. The fraction of sp³-hybridized carbons (Fsp3) is 0.188. The Morgan fingerprint density at radius 1 is 1.30 bits per heavy atom. The number of halogens is 1. The molecule has 1 heterocycles. The molecule has 0 aromatic heterocycles. The summed E-state index contributed by atoms with van der Waals surface area (Å²) in [6, 6.07) is 7.36. The predicted molar refractivity (Wildman–Crippen MR) is 81.2 cm³/mol. The molecule has 1 aliphatic rings. The topological polar surface area (TPSA) is 29.5 Å². The maximum absolute atomic E-state index is 10.9. The Kier molecular flexibility index (Phi) is 4.30. The van der Waals surface area contributed by atoms with Crippen molar-refractivity contribution in [3.8, 4) is 5.75 Å². The highest BCUT2D eigenvalue weighted by atomic mass is 35.5. The van der Waals surface area contributed by atoms with Crippen LogP contribution in [0, 0.1) is 0 Å². The summed E-state index contributed by atoms with van der Waals surface area (Å²) in [5.41, 5.74) is 2.83. The number of rotatable bonds is 3. The van der Waals surface area contributed by atoms with Gasteiger partial charge in [0.15, 0.2) is 0 Å². The van der Waals surface area contributed by atoms with Crippen molar-refractivity contribution < 1.29 is 9.53 Å². The minimum Gasteiger partial charge on any atom is -0.427 e. The van der Waals surface area contributed by atoms with Gasteiger partial charge in [-0.2, -0.15) is 0 Å². The zero-order valence-electron chi connectivity index (χ0n) is 11.5. The Hall–Kier alpha value is -2.00. The van der Waals surface area contributed by atoms with Gasteiger partial charge in [-0.15, -0.1) is 0 Å². The molecular formula is C16H16ClNO2. The van der Waals surface area contributed by atoms with Crippen LogP contribution in [-0.4, -0.2) is 17.4 Å². The number of esters is 1. The van der Waals surface area contributed by atoms with Crippen LogP contribution in [0.25, 0.3) is 5.70 Å². The minimum atomic E-state index is -0.326. The smallest absolute Gasteiger partial charge is 0.308 e. The largest absolute Gasteiger partial charge is 0.427 e. The molecule has 0 aliphatic carbocycles. The monoisotopic (exact) mass is 289 g/mol. The minimum absolute atomic E-state index is 0.326. The van der Waals surface area contributed by atoms with E-state index in [9.17, 15) is 4.79 Å². The van der Waals surface area contributed by atoms with E-state index >= 15 is 0 Å². The molecule has 0 N–H and O–H groups in total. The van der Waals surface area contributed by atoms with E-state index in [1.165, 1.54) is 6.92 Å². The number of hydrogen-bond donors (Lipinski definition) is 0. The summed E-state index contributed by atoms with van der Waals surface area (Å²) in [6.07, 6.45) is 3.80.